The number of nitrogens with two attached hydrogens (primary N) is 1. The summed E-state index contributed by atoms with van der Waals surface area (Å²) in [6.07, 6.45) is 1.02. The lowest BCUT2D eigenvalue weighted by Crippen LogP contribution is -2.14. The zero-order valence-corrected chi connectivity index (χ0v) is 11.3. The van der Waals surface area contributed by atoms with E-state index in [9.17, 15) is 0 Å². The first-order valence-corrected chi connectivity index (χ1v) is 6.95. The van der Waals surface area contributed by atoms with Gasteiger partial charge >= 0.3 is 0 Å². The highest BCUT2D eigenvalue weighted by Gasteiger charge is 2.11. The molecule has 16 heavy (non-hydrogen) atoms. The Balaban J connectivity index is 2.12. The molecule has 0 radical (unpaired) electrons. The number of halogens is 1. The van der Waals surface area contributed by atoms with Gasteiger partial charge in [-0.05, 0) is 40.5 Å². The number of thiophene rings is 1. The molecule has 2 rings (SSSR count). The second-order valence-corrected chi connectivity index (χ2v) is 5.69. The Morgan fingerprint density at radius 3 is 2.56 bits per heavy atom. The van der Waals surface area contributed by atoms with E-state index >= 15 is 0 Å². The Kier molecular flexibility index (Phi) is 4.16. The van der Waals surface area contributed by atoms with Gasteiger partial charge in [0.15, 0.2) is 0 Å². The molecule has 0 amide bonds. The smallest absolute Gasteiger partial charge is 0.0285 e. The van der Waals surface area contributed by atoms with Crippen LogP contribution in [0.1, 0.15) is 16.4 Å². The predicted molar refractivity (Wildman–Crippen MR) is 74.0 cm³/mol. The Morgan fingerprint density at radius 1 is 1.25 bits per heavy atom. The van der Waals surface area contributed by atoms with Crippen LogP contribution in [0.4, 0.5) is 0 Å². The third-order valence-corrected chi connectivity index (χ3v) is 4.34. The van der Waals surface area contributed by atoms with Gasteiger partial charge in [0.1, 0.15) is 0 Å². The highest BCUT2D eigenvalue weighted by atomic mass is 79.9. The maximum atomic E-state index is 5.85. The summed E-state index contributed by atoms with van der Waals surface area (Å²) in [5, 5.41) is 2.12. The van der Waals surface area contributed by atoms with Crippen molar-refractivity contribution in [2.24, 2.45) is 5.73 Å². The molecule has 0 aliphatic rings. The molecule has 3 heteroatoms. The van der Waals surface area contributed by atoms with Crippen LogP contribution < -0.4 is 5.73 Å². The molecule has 1 atom stereocenters. The summed E-state index contributed by atoms with van der Waals surface area (Å²) in [7, 11) is 0. The predicted octanol–water partition coefficient (Wildman–Crippen LogP) is 3.80. The summed E-state index contributed by atoms with van der Waals surface area (Å²) in [5.41, 5.74) is 7.18. The lowest BCUT2D eigenvalue weighted by molar-refractivity contribution is 0.701. The summed E-state index contributed by atoms with van der Waals surface area (Å²) in [5.74, 6) is 0.423. The Morgan fingerprint density at radius 2 is 2.00 bits per heavy atom. The topological polar surface area (TPSA) is 26.0 Å². The molecule has 84 valence electrons. The molecule has 1 aromatic heterocycles. The van der Waals surface area contributed by atoms with Gasteiger partial charge in [0.25, 0.3) is 0 Å². The van der Waals surface area contributed by atoms with E-state index in [2.05, 4.69) is 51.6 Å². The van der Waals surface area contributed by atoms with Gasteiger partial charge in [-0.15, -0.1) is 11.3 Å². The van der Waals surface area contributed by atoms with Crippen molar-refractivity contribution in [1.82, 2.24) is 0 Å². The summed E-state index contributed by atoms with van der Waals surface area (Å²) in [6, 6.07) is 12.7. The van der Waals surface area contributed by atoms with Gasteiger partial charge in [-0.1, -0.05) is 30.3 Å². The fourth-order valence-electron chi connectivity index (χ4n) is 1.77. The van der Waals surface area contributed by atoms with Gasteiger partial charge in [-0.2, -0.15) is 0 Å². The normalized spacial score (nSPS) is 12.6. The Hall–Kier alpha value is -0.640. The van der Waals surface area contributed by atoms with Crippen LogP contribution in [0, 0.1) is 0 Å². The van der Waals surface area contributed by atoms with E-state index in [0.717, 1.165) is 10.9 Å². The number of benzene rings is 1. The van der Waals surface area contributed by atoms with Crippen molar-refractivity contribution < 1.29 is 0 Å². The van der Waals surface area contributed by atoms with Crippen LogP contribution in [0.3, 0.4) is 0 Å². The zero-order chi connectivity index (χ0) is 11.4. The molecule has 1 heterocycles. The minimum absolute atomic E-state index is 0.423. The summed E-state index contributed by atoms with van der Waals surface area (Å²) in [4.78, 5) is 1.38. The summed E-state index contributed by atoms with van der Waals surface area (Å²) in [6.45, 7) is 0.694. The number of rotatable bonds is 4. The summed E-state index contributed by atoms with van der Waals surface area (Å²) < 4.78 is 1.16. The maximum Gasteiger partial charge on any atom is 0.0285 e. The maximum absolute atomic E-state index is 5.85. The molecule has 0 spiro atoms. The van der Waals surface area contributed by atoms with Gasteiger partial charge in [0.2, 0.25) is 0 Å². The molecule has 0 fully saturated rings. The van der Waals surface area contributed by atoms with Crippen LogP contribution in [0.5, 0.6) is 0 Å². The molecule has 0 bridgehead atoms. The van der Waals surface area contributed by atoms with E-state index in [1.165, 1.54) is 10.4 Å². The van der Waals surface area contributed by atoms with E-state index in [1.807, 2.05) is 6.07 Å². The molecule has 1 aromatic carbocycles. The molecule has 0 saturated carbocycles. The van der Waals surface area contributed by atoms with Crippen molar-refractivity contribution >= 4 is 27.3 Å². The van der Waals surface area contributed by atoms with E-state index in [0.29, 0.717) is 12.5 Å². The first-order valence-electron chi connectivity index (χ1n) is 5.27. The van der Waals surface area contributed by atoms with Gasteiger partial charge in [-0.25, -0.2) is 0 Å². The monoisotopic (exact) mass is 295 g/mol. The molecule has 1 nitrogen and oxygen atoms in total. The third-order valence-electron chi connectivity index (χ3n) is 2.62. The van der Waals surface area contributed by atoms with Gasteiger partial charge in [-0.3, -0.25) is 0 Å². The minimum atomic E-state index is 0.423. The van der Waals surface area contributed by atoms with Gasteiger partial charge < -0.3 is 5.73 Å². The molecule has 2 N–H and O–H groups in total. The van der Waals surface area contributed by atoms with Crippen LogP contribution >= 0.6 is 27.3 Å². The first-order chi connectivity index (χ1) is 7.79. The van der Waals surface area contributed by atoms with Gasteiger partial charge in [0, 0.05) is 20.6 Å². The second kappa shape index (κ2) is 5.62. The van der Waals surface area contributed by atoms with Crippen molar-refractivity contribution in [2.45, 2.75) is 12.3 Å². The average Bonchev–Trinajstić information content (AvgIpc) is 2.73. The van der Waals surface area contributed by atoms with Crippen LogP contribution in [0.25, 0.3) is 0 Å². The van der Waals surface area contributed by atoms with Crippen molar-refractivity contribution in [3.8, 4) is 0 Å². The molecule has 0 aliphatic heterocycles. The largest absolute Gasteiger partial charge is 0.330 e. The fraction of sp³-hybridized carbons (Fsp3) is 0.231. The quantitative estimate of drug-likeness (QED) is 0.912. The van der Waals surface area contributed by atoms with E-state index in [-0.39, 0.29) is 0 Å². The molecular formula is C13H14BrNS. The van der Waals surface area contributed by atoms with Crippen molar-refractivity contribution in [3.05, 3.63) is 56.7 Å². The highest BCUT2D eigenvalue weighted by Crippen LogP contribution is 2.26. The van der Waals surface area contributed by atoms with E-state index in [4.69, 9.17) is 5.73 Å². The van der Waals surface area contributed by atoms with Crippen molar-refractivity contribution in [1.29, 1.82) is 0 Å². The van der Waals surface area contributed by atoms with E-state index in [1.54, 1.807) is 11.3 Å². The van der Waals surface area contributed by atoms with Crippen LogP contribution in [-0.2, 0) is 6.42 Å². The summed E-state index contributed by atoms with van der Waals surface area (Å²) >= 11 is 5.26. The third kappa shape index (κ3) is 2.94. The van der Waals surface area contributed by atoms with Crippen LogP contribution in [0.15, 0.2) is 46.3 Å². The lowest BCUT2D eigenvalue weighted by Gasteiger charge is -2.13. The molecule has 1 unspecified atom stereocenters. The standard InChI is InChI=1S/C13H14BrNS/c14-12-7-13(16-9-12)6-11(8-15)10-4-2-1-3-5-10/h1-5,7,9,11H,6,8,15H2. The second-order valence-electron chi connectivity index (χ2n) is 3.78. The number of hydrogen-bond donors (Lipinski definition) is 1. The Labute approximate surface area is 108 Å². The average molecular weight is 296 g/mol. The molecule has 0 aliphatic carbocycles. The molecular weight excluding hydrogens is 282 g/mol. The fourth-order valence-corrected chi connectivity index (χ4v) is 3.30. The number of hydrogen-bond acceptors (Lipinski definition) is 2. The van der Waals surface area contributed by atoms with Gasteiger partial charge in [0.05, 0.1) is 0 Å². The van der Waals surface area contributed by atoms with Crippen LogP contribution in [-0.4, -0.2) is 6.54 Å². The molecule has 0 saturated heterocycles. The SMILES string of the molecule is NCC(Cc1cc(Br)cs1)c1ccccc1. The van der Waals surface area contributed by atoms with Crippen LogP contribution in [0.2, 0.25) is 0 Å². The Bertz CT molecular complexity index is 438. The first kappa shape index (κ1) is 11.8. The molecule has 2 aromatic rings. The van der Waals surface area contributed by atoms with E-state index < -0.39 is 0 Å². The zero-order valence-electron chi connectivity index (χ0n) is 8.90. The van der Waals surface area contributed by atoms with Crippen molar-refractivity contribution in [3.63, 3.8) is 0 Å². The van der Waals surface area contributed by atoms with Crippen molar-refractivity contribution in [2.75, 3.05) is 6.54 Å². The minimum Gasteiger partial charge on any atom is -0.330 e. The highest BCUT2D eigenvalue weighted by molar-refractivity contribution is 9.10. The lowest BCUT2D eigenvalue weighted by atomic mass is 9.95.